The molecular formula is C15H21NO4. The van der Waals surface area contributed by atoms with Gasteiger partial charge in [-0.05, 0) is 19.9 Å². The number of amides is 1. The number of aliphatic carboxylic acids is 1. The van der Waals surface area contributed by atoms with Gasteiger partial charge in [-0.3, -0.25) is 9.59 Å². The molecule has 1 amide bonds. The lowest BCUT2D eigenvalue weighted by Crippen LogP contribution is -2.34. The first kappa shape index (κ1) is 16.0. The van der Waals surface area contributed by atoms with E-state index < -0.39 is 11.4 Å². The van der Waals surface area contributed by atoms with Gasteiger partial charge in [0.15, 0.2) is 0 Å². The second-order valence-electron chi connectivity index (χ2n) is 5.43. The van der Waals surface area contributed by atoms with E-state index in [1.54, 1.807) is 28.0 Å². The molecular weight excluding hydrogens is 258 g/mol. The highest BCUT2D eigenvalue weighted by Gasteiger charge is 2.31. The predicted molar refractivity (Wildman–Crippen MR) is 75.5 cm³/mol. The quantitative estimate of drug-likeness (QED) is 0.866. The third kappa shape index (κ3) is 3.98. The summed E-state index contributed by atoms with van der Waals surface area (Å²) in [6.07, 6.45) is -0.0337. The van der Waals surface area contributed by atoms with Crippen LogP contribution < -0.4 is 4.74 Å². The van der Waals surface area contributed by atoms with Gasteiger partial charge in [0.1, 0.15) is 5.75 Å². The molecule has 1 aromatic rings. The lowest BCUT2D eigenvalue weighted by Gasteiger charge is -2.24. The van der Waals surface area contributed by atoms with E-state index in [9.17, 15) is 9.59 Å². The van der Waals surface area contributed by atoms with Crippen LogP contribution in [0, 0.1) is 5.41 Å². The maximum absolute atomic E-state index is 12.1. The summed E-state index contributed by atoms with van der Waals surface area (Å²) in [5.41, 5.74) is -0.175. The average molecular weight is 279 g/mol. The molecule has 5 nitrogen and oxygen atoms in total. The Balaban J connectivity index is 2.74. The van der Waals surface area contributed by atoms with Gasteiger partial charge >= 0.3 is 5.97 Å². The van der Waals surface area contributed by atoms with Gasteiger partial charge in [0.25, 0.3) is 0 Å². The minimum absolute atomic E-state index is 0.0337. The van der Waals surface area contributed by atoms with Crippen LogP contribution in [0.1, 0.15) is 25.8 Å². The van der Waals surface area contributed by atoms with Crippen LogP contribution in [-0.2, 0) is 16.1 Å². The molecule has 0 fully saturated rings. The van der Waals surface area contributed by atoms with E-state index in [0.717, 1.165) is 5.56 Å². The van der Waals surface area contributed by atoms with Gasteiger partial charge in [-0.1, -0.05) is 18.2 Å². The Kier molecular flexibility index (Phi) is 5.13. The molecule has 0 aliphatic carbocycles. The molecule has 20 heavy (non-hydrogen) atoms. The van der Waals surface area contributed by atoms with Crippen molar-refractivity contribution in [3.05, 3.63) is 29.8 Å². The van der Waals surface area contributed by atoms with E-state index in [1.165, 1.54) is 4.90 Å². The van der Waals surface area contributed by atoms with Crippen molar-refractivity contribution >= 4 is 11.9 Å². The second kappa shape index (κ2) is 6.41. The van der Waals surface area contributed by atoms with E-state index in [2.05, 4.69) is 0 Å². The summed E-state index contributed by atoms with van der Waals surface area (Å²) in [6.45, 7) is 3.48. The third-order valence-electron chi connectivity index (χ3n) is 3.20. The highest BCUT2D eigenvalue weighted by atomic mass is 16.5. The molecule has 110 valence electrons. The number of benzene rings is 1. The molecule has 1 aromatic carbocycles. The molecule has 0 unspecified atom stereocenters. The average Bonchev–Trinajstić information content (AvgIpc) is 2.38. The zero-order valence-corrected chi connectivity index (χ0v) is 12.3. The normalized spacial score (nSPS) is 11.0. The standard InChI is InChI=1S/C15H21NO4/c1-15(2,14(18)19)9-13(17)16(3)10-11-7-5-6-8-12(11)20-4/h5-8H,9-10H2,1-4H3,(H,18,19). The number of nitrogens with zero attached hydrogens (tertiary/aromatic N) is 1. The number of methoxy groups -OCH3 is 1. The molecule has 0 aliphatic rings. The molecule has 0 saturated carbocycles. The van der Waals surface area contributed by atoms with Gasteiger partial charge in [0, 0.05) is 25.6 Å². The Morgan fingerprint density at radius 1 is 1.30 bits per heavy atom. The highest BCUT2D eigenvalue weighted by Crippen LogP contribution is 2.23. The molecule has 1 N–H and O–H groups in total. The summed E-state index contributed by atoms with van der Waals surface area (Å²) in [4.78, 5) is 24.7. The fraction of sp³-hybridized carbons (Fsp3) is 0.467. The number of rotatable bonds is 6. The molecule has 0 aromatic heterocycles. The Hall–Kier alpha value is -2.04. The molecule has 0 heterocycles. The van der Waals surface area contributed by atoms with Crippen molar-refractivity contribution in [2.75, 3.05) is 14.2 Å². The van der Waals surface area contributed by atoms with Crippen molar-refractivity contribution in [3.63, 3.8) is 0 Å². The van der Waals surface area contributed by atoms with Crippen molar-refractivity contribution in [1.29, 1.82) is 0 Å². The van der Waals surface area contributed by atoms with Crippen LogP contribution in [0.3, 0.4) is 0 Å². The Labute approximate surface area is 119 Å². The third-order valence-corrected chi connectivity index (χ3v) is 3.20. The summed E-state index contributed by atoms with van der Waals surface area (Å²) in [7, 11) is 3.24. The largest absolute Gasteiger partial charge is 0.496 e. The van der Waals surface area contributed by atoms with Crippen LogP contribution in [0.2, 0.25) is 0 Å². The highest BCUT2D eigenvalue weighted by molar-refractivity contribution is 5.84. The number of carbonyl (C=O) groups is 2. The van der Waals surface area contributed by atoms with Crippen LogP contribution in [0.15, 0.2) is 24.3 Å². The molecule has 0 atom stereocenters. The van der Waals surface area contributed by atoms with Crippen LogP contribution in [0.25, 0.3) is 0 Å². The van der Waals surface area contributed by atoms with E-state index in [1.807, 2.05) is 24.3 Å². The summed E-state index contributed by atoms with van der Waals surface area (Å²) < 4.78 is 5.23. The summed E-state index contributed by atoms with van der Waals surface area (Å²) in [5, 5.41) is 9.05. The van der Waals surface area contributed by atoms with Gasteiger partial charge < -0.3 is 14.7 Å². The monoisotopic (exact) mass is 279 g/mol. The summed E-state index contributed by atoms with van der Waals surface area (Å²) >= 11 is 0. The first-order valence-corrected chi connectivity index (χ1v) is 6.37. The fourth-order valence-electron chi connectivity index (χ4n) is 1.77. The van der Waals surface area contributed by atoms with E-state index in [0.29, 0.717) is 12.3 Å². The summed E-state index contributed by atoms with van der Waals surface area (Å²) in [5.74, 6) is -0.468. The molecule has 1 rings (SSSR count). The predicted octanol–water partition coefficient (Wildman–Crippen LogP) is 2.15. The van der Waals surface area contributed by atoms with Gasteiger partial charge in [0.2, 0.25) is 5.91 Å². The van der Waals surface area contributed by atoms with Crippen molar-refractivity contribution < 1.29 is 19.4 Å². The van der Waals surface area contributed by atoms with Crippen molar-refractivity contribution in [3.8, 4) is 5.75 Å². The number of carboxylic acid groups (broad SMARTS) is 1. The Morgan fingerprint density at radius 2 is 1.90 bits per heavy atom. The number of ether oxygens (including phenoxy) is 1. The first-order valence-electron chi connectivity index (χ1n) is 6.37. The van der Waals surface area contributed by atoms with Gasteiger partial charge in [-0.15, -0.1) is 0 Å². The van der Waals surface area contributed by atoms with Gasteiger partial charge in [0.05, 0.1) is 12.5 Å². The topological polar surface area (TPSA) is 66.8 Å². The van der Waals surface area contributed by atoms with Crippen LogP contribution >= 0.6 is 0 Å². The Bertz CT molecular complexity index is 496. The molecule has 5 heteroatoms. The number of hydrogen-bond acceptors (Lipinski definition) is 3. The van der Waals surface area contributed by atoms with E-state index in [-0.39, 0.29) is 12.3 Å². The fourth-order valence-corrected chi connectivity index (χ4v) is 1.77. The van der Waals surface area contributed by atoms with Crippen molar-refractivity contribution in [1.82, 2.24) is 4.90 Å². The first-order chi connectivity index (χ1) is 9.27. The van der Waals surface area contributed by atoms with Crippen molar-refractivity contribution in [2.45, 2.75) is 26.8 Å². The summed E-state index contributed by atoms with van der Waals surface area (Å²) in [6, 6.07) is 7.44. The van der Waals surface area contributed by atoms with Crippen LogP contribution in [-0.4, -0.2) is 36.0 Å². The maximum atomic E-state index is 12.1. The second-order valence-corrected chi connectivity index (χ2v) is 5.43. The van der Waals surface area contributed by atoms with Gasteiger partial charge in [-0.25, -0.2) is 0 Å². The van der Waals surface area contributed by atoms with Crippen LogP contribution in [0.5, 0.6) is 5.75 Å². The molecule has 0 radical (unpaired) electrons. The molecule has 0 aliphatic heterocycles. The molecule has 0 saturated heterocycles. The SMILES string of the molecule is COc1ccccc1CN(C)C(=O)CC(C)(C)C(=O)O. The van der Waals surface area contributed by atoms with Crippen LogP contribution in [0.4, 0.5) is 0 Å². The maximum Gasteiger partial charge on any atom is 0.309 e. The minimum Gasteiger partial charge on any atom is -0.496 e. The number of carbonyl (C=O) groups excluding carboxylic acids is 1. The molecule has 0 spiro atoms. The lowest BCUT2D eigenvalue weighted by molar-refractivity contribution is -0.151. The lowest BCUT2D eigenvalue weighted by atomic mass is 9.89. The zero-order valence-electron chi connectivity index (χ0n) is 12.3. The number of hydrogen-bond donors (Lipinski definition) is 1. The number of para-hydroxylation sites is 1. The van der Waals surface area contributed by atoms with E-state index in [4.69, 9.17) is 9.84 Å². The smallest absolute Gasteiger partial charge is 0.309 e. The van der Waals surface area contributed by atoms with Gasteiger partial charge in [-0.2, -0.15) is 0 Å². The zero-order chi connectivity index (χ0) is 15.3. The Morgan fingerprint density at radius 3 is 2.45 bits per heavy atom. The van der Waals surface area contributed by atoms with Crippen molar-refractivity contribution in [2.24, 2.45) is 5.41 Å². The molecule has 0 bridgehead atoms. The minimum atomic E-state index is -1.06. The van der Waals surface area contributed by atoms with E-state index >= 15 is 0 Å². The number of carboxylic acids is 1.